The molecule has 0 bridgehead atoms. The number of anilines is 1. The third kappa shape index (κ3) is 4.27. The summed E-state index contributed by atoms with van der Waals surface area (Å²) < 4.78 is -0.684. The fourth-order valence-corrected chi connectivity index (χ4v) is 6.64. The van der Waals surface area contributed by atoms with E-state index in [9.17, 15) is 19.5 Å². The number of thiazole rings is 1. The maximum Gasteiger partial charge on any atom is 0.327 e. The van der Waals surface area contributed by atoms with Gasteiger partial charge in [0.15, 0.2) is 10.8 Å². The summed E-state index contributed by atoms with van der Waals surface area (Å²) in [6, 6.07) is -1.81. The lowest BCUT2D eigenvalue weighted by atomic mass is 9.96. The van der Waals surface area contributed by atoms with Crippen molar-refractivity contribution >= 4 is 63.3 Å². The van der Waals surface area contributed by atoms with Gasteiger partial charge in [-0.2, -0.15) is 0 Å². The van der Waals surface area contributed by atoms with Crippen molar-refractivity contribution < 1.29 is 24.3 Å². The zero-order chi connectivity index (χ0) is 23.2. The Morgan fingerprint density at radius 2 is 2.06 bits per heavy atom. The lowest BCUT2D eigenvalue weighted by Crippen LogP contribution is -2.71. The second-order valence-corrected chi connectivity index (χ2v) is 11.8. The van der Waals surface area contributed by atoms with E-state index in [0.717, 1.165) is 37.0 Å². The first-order valence-electron chi connectivity index (χ1n) is 10.2. The summed E-state index contributed by atoms with van der Waals surface area (Å²) in [6.45, 7) is 3.55. The fourth-order valence-electron chi connectivity index (χ4n) is 4.21. The second kappa shape index (κ2) is 8.71. The van der Waals surface area contributed by atoms with E-state index in [1.807, 2.05) is 0 Å². The van der Waals surface area contributed by atoms with Gasteiger partial charge in [0.2, 0.25) is 5.91 Å². The highest BCUT2D eigenvalue weighted by atomic mass is 35.5. The maximum atomic E-state index is 13.1. The van der Waals surface area contributed by atoms with Gasteiger partial charge < -0.3 is 25.9 Å². The lowest BCUT2D eigenvalue weighted by molar-refractivity contribution is -0.160. The number of rotatable bonds is 6. The molecule has 174 valence electrons. The average Bonchev–Trinajstić information content (AvgIpc) is 3.26. The molecule has 1 aromatic heterocycles. The average molecular weight is 502 g/mol. The first-order chi connectivity index (χ1) is 15.1. The van der Waals surface area contributed by atoms with Crippen LogP contribution in [-0.2, 0) is 19.2 Å². The molecule has 2 amide bonds. The molecule has 10 nitrogen and oxygen atoms in total. The Kier molecular flexibility index (Phi) is 6.29. The van der Waals surface area contributed by atoms with Crippen LogP contribution in [0.25, 0.3) is 0 Å². The zero-order valence-electron chi connectivity index (χ0n) is 17.5. The number of aliphatic carboxylic acids is 1. The molecule has 3 fully saturated rings. The minimum Gasteiger partial charge on any atom is -0.480 e. The number of β-lactam (4-membered cyclic amide) rings is 1. The number of carbonyl (C=O) groups is 3. The standard InChI is InChI=1S/C19H24ClN5O5S2/c1-19(2)13(17(28)29)25-15(27)12(16(25)32-19)23-14(26)11(10-7-31-18(21)22-10)24-30-9-5-3-8(20)4-6-9/h7-9,12-13,16H,3-6H2,1-2H3,(H2,21,22)(H,23,26)(H,28,29)/t8?,9?,12-,13-,16+/m0/s1. The molecule has 1 aliphatic carbocycles. The van der Waals surface area contributed by atoms with Gasteiger partial charge in [-0.1, -0.05) is 5.16 Å². The monoisotopic (exact) mass is 501 g/mol. The molecule has 2 saturated heterocycles. The molecule has 32 heavy (non-hydrogen) atoms. The molecule has 0 radical (unpaired) electrons. The van der Waals surface area contributed by atoms with Crippen LogP contribution in [0.1, 0.15) is 45.2 Å². The van der Waals surface area contributed by atoms with E-state index in [1.54, 1.807) is 19.2 Å². The molecule has 0 spiro atoms. The normalized spacial score (nSPS) is 31.6. The van der Waals surface area contributed by atoms with E-state index in [1.165, 1.54) is 16.7 Å². The summed E-state index contributed by atoms with van der Waals surface area (Å²) in [6.07, 6.45) is 2.91. The topological polar surface area (TPSA) is 147 Å². The van der Waals surface area contributed by atoms with Crippen LogP contribution in [0.3, 0.4) is 0 Å². The Labute approximate surface area is 197 Å². The minimum atomic E-state index is -1.07. The summed E-state index contributed by atoms with van der Waals surface area (Å²) in [5.74, 6) is -2.13. The Morgan fingerprint density at radius 1 is 1.38 bits per heavy atom. The molecular weight excluding hydrogens is 478 g/mol. The summed E-state index contributed by atoms with van der Waals surface area (Å²) in [5.41, 5.74) is 5.90. The van der Waals surface area contributed by atoms with Gasteiger partial charge in [0, 0.05) is 15.5 Å². The van der Waals surface area contributed by atoms with Crippen molar-refractivity contribution in [2.45, 2.75) is 73.2 Å². The van der Waals surface area contributed by atoms with Gasteiger partial charge in [-0.3, -0.25) is 9.59 Å². The highest BCUT2D eigenvalue weighted by molar-refractivity contribution is 8.01. The van der Waals surface area contributed by atoms with Crippen molar-refractivity contribution in [2.24, 2.45) is 5.16 Å². The first kappa shape index (κ1) is 23.1. The molecule has 3 atom stereocenters. The van der Waals surface area contributed by atoms with E-state index in [2.05, 4.69) is 15.5 Å². The van der Waals surface area contributed by atoms with Crippen LogP contribution in [0.2, 0.25) is 0 Å². The third-order valence-corrected chi connectivity index (χ3v) is 8.52. The number of amides is 2. The van der Waals surface area contributed by atoms with Crippen LogP contribution in [0.4, 0.5) is 5.13 Å². The summed E-state index contributed by atoms with van der Waals surface area (Å²) in [4.78, 5) is 48.5. The highest BCUT2D eigenvalue weighted by Crippen LogP contribution is 2.50. The number of oxime groups is 1. The van der Waals surface area contributed by atoms with Gasteiger partial charge in [0.25, 0.3) is 5.91 Å². The van der Waals surface area contributed by atoms with Crippen LogP contribution in [0.5, 0.6) is 0 Å². The number of halogens is 1. The summed E-state index contributed by atoms with van der Waals surface area (Å²) in [5, 5.41) is 17.8. The number of carboxylic acid groups (broad SMARTS) is 1. The molecule has 4 rings (SSSR count). The van der Waals surface area contributed by atoms with Gasteiger partial charge in [0.1, 0.15) is 29.3 Å². The van der Waals surface area contributed by atoms with Crippen LogP contribution in [-0.4, -0.2) is 72.2 Å². The molecule has 3 heterocycles. The van der Waals surface area contributed by atoms with Crippen LogP contribution >= 0.6 is 34.7 Å². The van der Waals surface area contributed by atoms with E-state index in [0.29, 0.717) is 0 Å². The number of thioether (sulfide) groups is 1. The predicted molar refractivity (Wildman–Crippen MR) is 122 cm³/mol. The Bertz CT molecular complexity index is 962. The van der Waals surface area contributed by atoms with Crippen molar-refractivity contribution in [1.29, 1.82) is 0 Å². The smallest absolute Gasteiger partial charge is 0.327 e. The number of alkyl halides is 1. The summed E-state index contributed by atoms with van der Waals surface area (Å²) in [7, 11) is 0. The number of fused-ring (bicyclic) bond motifs is 1. The maximum absolute atomic E-state index is 13.1. The number of nitrogen functional groups attached to an aromatic ring is 1. The van der Waals surface area contributed by atoms with E-state index in [-0.39, 0.29) is 28.0 Å². The largest absolute Gasteiger partial charge is 0.480 e. The van der Waals surface area contributed by atoms with Gasteiger partial charge in [-0.25, -0.2) is 9.78 Å². The molecule has 3 aliphatic rings. The second-order valence-electron chi connectivity index (χ2n) is 8.54. The van der Waals surface area contributed by atoms with E-state index >= 15 is 0 Å². The minimum absolute atomic E-state index is 0.0748. The quantitative estimate of drug-likeness (QED) is 0.230. The number of hydrogen-bond acceptors (Lipinski definition) is 9. The number of carbonyl (C=O) groups excluding carboxylic acids is 2. The van der Waals surface area contributed by atoms with Crippen molar-refractivity contribution in [3.63, 3.8) is 0 Å². The molecule has 0 aromatic carbocycles. The fraction of sp³-hybridized carbons (Fsp3) is 0.632. The Balaban J connectivity index is 1.49. The molecule has 2 aliphatic heterocycles. The van der Waals surface area contributed by atoms with Crippen LogP contribution in [0.15, 0.2) is 10.5 Å². The number of hydrogen-bond donors (Lipinski definition) is 3. The number of nitrogens with zero attached hydrogens (tertiary/aromatic N) is 3. The zero-order valence-corrected chi connectivity index (χ0v) is 19.9. The Hall–Kier alpha value is -2.05. The number of nitrogens with two attached hydrogens (primary N) is 1. The first-order valence-corrected chi connectivity index (χ1v) is 12.4. The van der Waals surface area contributed by atoms with Crippen molar-refractivity contribution in [3.05, 3.63) is 11.1 Å². The SMILES string of the molecule is CC1(C)S[C@@H]2[C@@H](NC(=O)C(=NOC3CCC(Cl)CC3)c3csc(N)n3)C(=O)N2[C@H]1C(=O)O. The van der Waals surface area contributed by atoms with E-state index in [4.69, 9.17) is 22.2 Å². The number of nitrogens with one attached hydrogen (secondary N) is 1. The van der Waals surface area contributed by atoms with E-state index < -0.39 is 40.0 Å². The molecule has 1 aromatic rings. The van der Waals surface area contributed by atoms with Crippen LogP contribution < -0.4 is 11.1 Å². The van der Waals surface area contributed by atoms with Crippen molar-refractivity contribution in [1.82, 2.24) is 15.2 Å². The predicted octanol–water partition coefficient (Wildman–Crippen LogP) is 1.63. The Morgan fingerprint density at radius 3 is 2.66 bits per heavy atom. The van der Waals surface area contributed by atoms with Crippen molar-refractivity contribution in [2.75, 3.05) is 5.73 Å². The van der Waals surface area contributed by atoms with Gasteiger partial charge in [0.05, 0.1) is 0 Å². The number of aromatic nitrogens is 1. The number of carboxylic acids is 1. The van der Waals surface area contributed by atoms with Crippen LogP contribution in [0, 0.1) is 0 Å². The summed E-state index contributed by atoms with van der Waals surface area (Å²) >= 11 is 8.63. The third-order valence-electron chi connectivity index (χ3n) is 5.84. The van der Waals surface area contributed by atoms with Gasteiger partial charge in [-0.05, 0) is 39.5 Å². The van der Waals surface area contributed by atoms with Gasteiger partial charge in [-0.15, -0.1) is 34.7 Å². The molecule has 0 unspecified atom stereocenters. The lowest BCUT2D eigenvalue weighted by Gasteiger charge is -2.43. The van der Waals surface area contributed by atoms with Crippen molar-refractivity contribution in [3.8, 4) is 0 Å². The molecular formula is C19H24ClN5O5S2. The van der Waals surface area contributed by atoms with Gasteiger partial charge >= 0.3 is 5.97 Å². The molecule has 13 heteroatoms. The highest BCUT2D eigenvalue weighted by Gasteiger charge is 2.64. The molecule has 4 N–H and O–H groups in total. The molecule has 1 saturated carbocycles.